The molecule has 0 atom stereocenters. The molecule has 2 heterocycles. The zero-order valence-electron chi connectivity index (χ0n) is 25.5. The van der Waals surface area contributed by atoms with Crippen molar-refractivity contribution in [2.45, 2.75) is 19.3 Å². The van der Waals surface area contributed by atoms with E-state index in [1.54, 1.807) is 12.4 Å². The van der Waals surface area contributed by atoms with Gasteiger partial charge in [-0.05, 0) is 91.7 Å². The van der Waals surface area contributed by atoms with Gasteiger partial charge in [-0.25, -0.2) is 0 Å². The number of fused-ring (bicyclic) bond motifs is 12. The van der Waals surface area contributed by atoms with Crippen LogP contribution in [0.3, 0.4) is 0 Å². The van der Waals surface area contributed by atoms with Crippen molar-refractivity contribution in [1.82, 2.24) is 9.97 Å². The Morgan fingerprint density at radius 1 is 0.435 bits per heavy atom. The topological polar surface area (TPSA) is 25.8 Å². The summed E-state index contributed by atoms with van der Waals surface area (Å²) in [5.74, 6) is 0. The standard InChI is InChI=1S/C43H28N2S/c1-43(2)37-23-27(25-13-17-34-35(21-25)29-7-3-4-9-33(29)41-42(34)45-20-19-44-41)11-15-30(37)31-16-12-28(24-38(31)43)26-14-18-40-36(22-26)32-8-5-6-10-39(32)46-40/h3-24H,1-2H3. The summed E-state index contributed by atoms with van der Waals surface area (Å²) in [6, 6.07) is 45.1. The third-order valence-electron chi connectivity index (χ3n) is 10.2. The van der Waals surface area contributed by atoms with Gasteiger partial charge < -0.3 is 0 Å². The first-order valence-corrected chi connectivity index (χ1v) is 16.6. The fraction of sp³-hybridized carbons (Fsp3) is 0.0698. The Bertz CT molecular complexity index is 2700. The quantitative estimate of drug-likeness (QED) is 0.183. The fourth-order valence-electron chi connectivity index (χ4n) is 7.81. The molecule has 10 rings (SSSR count). The van der Waals surface area contributed by atoms with E-state index in [0.717, 1.165) is 21.8 Å². The van der Waals surface area contributed by atoms with E-state index in [4.69, 9.17) is 9.97 Å². The molecule has 0 unspecified atom stereocenters. The lowest BCUT2D eigenvalue weighted by molar-refractivity contribution is 0.661. The van der Waals surface area contributed by atoms with Crippen molar-refractivity contribution in [3.63, 3.8) is 0 Å². The second-order valence-electron chi connectivity index (χ2n) is 13.0. The summed E-state index contributed by atoms with van der Waals surface area (Å²) in [4.78, 5) is 9.44. The van der Waals surface area contributed by atoms with E-state index < -0.39 is 0 Å². The summed E-state index contributed by atoms with van der Waals surface area (Å²) >= 11 is 1.87. The molecule has 0 radical (unpaired) electrons. The first-order valence-electron chi connectivity index (χ1n) is 15.8. The molecule has 7 aromatic carbocycles. The summed E-state index contributed by atoms with van der Waals surface area (Å²) in [6.45, 7) is 4.75. The molecule has 0 amide bonds. The molecule has 216 valence electrons. The Morgan fingerprint density at radius 2 is 0.935 bits per heavy atom. The molecule has 0 fully saturated rings. The molecule has 3 heteroatoms. The van der Waals surface area contributed by atoms with Crippen LogP contribution in [0.25, 0.3) is 86.1 Å². The maximum absolute atomic E-state index is 4.74. The summed E-state index contributed by atoms with van der Waals surface area (Å²) < 4.78 is 2.69. The van der Waals surface area contributed by atoms with Gasteiger partial charge in [-0.2, -0.15) is 0 Å². The predicted octanol–water partition coefficient (Wildman–Crippen LogP) is 11.9. The van der Waals surface area contributed by atoms with Gasteiger partial charge in [-0.1, -0.05) is 98.8 Å². The average Bonchev–Trinajstić information content (AvgIpc) is 3.59. The Kier molecular flexibility index (Phi) is 5.25. The minimum atomic E-state index is -0.120. The fourth-order valence-corrected chi connectivity index (χ4v) is 8.90. The van der Waals surface area contributed by atoms with E-state index in [2.05, 4.69) is 135 Å². The number of thiophene rings is 1. The summed E-state index contributed by atoms with van der Waals surface area (Å²) in [5.41, 5.74) is 12.2. The van der Waals surface area contributed by atoms with Crippen molar-refractivity contribution >= 4 is 64.1 Å². The van der Waals surface area contributed by atoms with Gasteiger partial charge in [0.1, 0.15) is 0 Å². The van der Waals surface area contributed by atoms with E-state index in [1.807, 2.05) is 11.3 Å². The molecule has 0 N–H and O–H groups in total. The normalized spacial score (nSPS) is 13.6. The molecule has 0 bridgehead atoms. The van der Waals surface area contributed by atoms with Crippen LogP contribution < -0.4 is 0 Å². The second kappa shape index (κ2) is 9.32. The highest BCUT2D eigenvalue weighted by Crippen LogP contribution is 2.51. The van der Waals surface area contributed by atoms with E-state index in [1.165, 1.54) is 75.5 Å². The minimum Gasteiger partial charge on any atom is -0.252 e. The van der Waals surface area contributed by atoms with E-state index in [9.17, 15) is 0 Å². The molecule has 9 aromatic rings. The summed E-state index contributed by atoms with van der Waals surface area (Å²) in [7, 11) is 0. The van der Waals surface area contributed by atoms with Crippen LogP contribution in [0.5, 0.6) is 0 Å². The Hall–Kier alpha value is -5.38. The van der Waals surface area contributed by atoms with Crippen LogP contribution in [0.1, 0.15) is 25.0 Å². The molecular formula is C43H28N2S. The number of nitrogens with zero attached hydrogens (tertiary/aromatic N) is 2. The van der Waals surface area contributed by atoms with Crippen LogP contribution in [-0.4, -0.2) is 9.97 Å². The largest absolute Gasteiger partial charge is 0.252 e. The molecule has 0 saturated heterocycles. The van der Waals surface area contributed by atoms with Gasteiger partial charge >= 0.3 is 0 Å². The number of aromatic nitrogens is 2. The maximum Gasteiger partial charge on any atom is 0.0971 e. The van der Waals surface area contributed by atoms with Crippen molar-refractivity contribution in [2.75, 3.05) is 0 Å². The van der Waals surface area contributed by atoms with E-state index in [-0.39, 0.29) is 5.41 Å². The lowest BCUT2D eigenvalue weighted by atomic mass is 9.80. The van der Waals surface area contributed by atoms with Crippen LogP contribution in [0.4, 0.5) is 0 Å². The zero-order valence-corrected chi connectivity index (χ0v) is 26.3. The molecule has 46 heavy (non-hydrogen) atoms. The van der Waals surface area contributed by atoms with Gasteiger partial charge in [0.05, 0.1) is 11.0 Å². The highest BCUT2D eigenvalue weighted by Gasteiger charge is 2.36. The van der Waals surface area contributed by atoms with Gasteiger partial charge in [0.2, 0.25) is 0 Å². The van der Waals surface area contributed by atoms with Crippen LogP contribution in [0.2, 0.25) is 0 Å². The highest BCUT2D eigenvalue weighted by atomic mass is 32.1. The van der Waals surface area contributed by atoms with Gasteiger partial charge in [-0.15, -0.1) is 11.3 Å². The SMILES string of the molecule is CC1(C)c2cc(-c3ccc4sc5ccccc5c4c3)ccc2-c2ccc(-c3ccc4c(c3)c3ccccc3c3nccnc43)cc21. The van der Waals surface area contributed by atoms with Crippen LogP contribution in [0, 0.1) is 0 Å². The zero-order chi connectivity index (χ0) is 30.6. The Morgan fingerprint density at radius 3 is 1.63 bits per heavy atom. The molecule has 0 aliphatic heterocycles. The maximum atomic E-state index is 4.74. The molecule has 1 aliphatic carbocycles. The van der Waals surface area contributed by atoms with Gasteiger partial charge in [0.25, 0.3) is 0 Å². The number of hydrogen-bond acceptors (Lipinski definition) is 3. The molecular weight excluding hydrogens is 577 g/mol. The first-order chi connectivity index (χ1) is 22.5. The monoisotopic (exact) mass is 604 g/mol. The Balaban J connectivity index is 1.09. The van der Waals surface area contributed by atoms with Gasteiger partial charge in [-0.3, -0.25) is 9.97 Å². The van der Waals surface area contributed by atoms with Crippen molar-refractivity contribution in [3.05, 3.63) is 145 Å². The first kappa shape index (κ1) is 25.9. The van der Waals surface area contributed by atoms with Gasteiger partial charge in [0, 0.05) is 48.8 Å². The molecule has 0 spiro atoms. The molecule has 1 aliphatic rings. The average molecular weight is 605 g/mol. The van der Waals surface area contributed by atoms with Crippen LogP contribution >= 0.6 is 11.3 Å². The number of benzene rings is 7. The lowest BCUT2D eigenvalue weighted by Crippen LogP contribution is -2.15. The number of hydrogen-bond donors (Lipinski definition) is 0. The molecule has 2 aromatic heterocycles. The van der Waals surface area contributed by atoms with Crippen molar-refractivity contribution < 1.29 is 0 Å². The van der Waals surface area contributed by atoms with Gasteiger partial charge in [0.15, 0.2) is 0 Å². The van der Waals surface area contributed by atoms with Crippen LogP contribution in [0.15, 0.2) is 134 Å². The Labute approximate surface area is 270 Å². The minimum absolute atomic E-state index is 0.120. The van der Waals surface area contributed by atoms with Crippen LogP contribution in [-0.2, 0) is 5.41 Å². The van der Waals surface area contributed by atoms with E-state index >= 15 is 0 Å². The van der Waals surface area contributed by atoms with E-state index in [0.29, 0.717) is 0 Å². The second-order valence-corrected chi connectivity index (χ2v) is 14.1. The third kappa shape index (κ3) is 3.58. The lowest BCUT2D eigenvalue weighted by Gasteiger charge is -2.23. The highest BCUT2D eigenvalue weighted by molar-refractivity contribution is 7.25. The third-order valence-corrected chi connectivity index (χ3v) is 11.3. The summed E-state index contributed by atoms with van der Waals surface area (Å²) in [6.07, 6.45) is 3.57. The molecule has 2 nitrogen and oxygen atoms in total. The predicted molar refractivity (Wildman–Crippen MR) is 196 cm³/mol. The van der Waals surface area contributed by atoms with Crippen molar-refractivity contribution in [3.8, 4) is 33.4 Å². The van der Waals surface area contributed by atoms with Crippen molar-refractivity contribution in [1.29, 1.82) is 0 Å². The smallest absolute Gasteiger partial charge is 0.0971 e. The van der Waals surface area contributed by atoms with Crippen molar-refractivity contribution in [2.24, 2.45) is 0 Å². The molecule has 0 saturated carbocycles. The number of rotatable bonds is 2. The summed E-state index contributed by atoms with van der Waals surface area (Å²) in [5, 5.41) is 7.39.